The fourth-order valence-corrected chi connectivity index (χ4v) is 1.98. The number of nitrogens with two attached hydrogens (primary N) is 1. The Hall–Kier alpha value is -1.42. The molecule has 1 aromatic carbocycles. The molecule has 0 radical (unpaired) electrons. The summed E-state index contributed by atoms with van der Waals surface area (Å²) in [6.07, 6.45) is 0.590. The maximum Gasteiger partial charge on any atom is 0.304 e. The van der Waals surface area contributed by atoms with Crippen LogP contribution in [0.2, 0.25) is 0 Å². The lowest BCUT2D eigenvalue weighted by Crippen LogP contribution is -2.30. The second-order valence-electron chi connectivity index (χ2n) is 4.28. The molecule has 0 saturated carbocycles. The third kappa shape index (κ3) is 3.53. The fourth-order valence-electron chi connectivity index (χ4n) is 1.98. The molecular weight excluding hydrogens is 221 g/mol. The number of aryl methyl sites for hydroxylation is 1. The van der Waals surface area contributed by atoms with Gasteiger partial charge in [-0.3, -0.25) is 4.79 Å². The van der Waals surface area contributed by atoms with E-state index in [9.17, 15) is 9.18 Å². The molecular formula is C13H18FNO2. The Bertz CT molecular complexity index is 406. The van der Waals surface area contributed by atoms with Crippen LogP contribution in [0.4, 0.5) is 4.39 Å². The average molecular weight is 239 g/mol. The van der Waals surface area contributed by atoms with Gasteiger partial charge in [0.2, 0.25) is 0 Å². The molecule has 0 amide bonds. The van der Waals surface area contributed by atoms with Gasteiger partial charge in [-0.15, -0.1) is 0 Å². The molecule has 2 atom stereocenters. The predicted molar refractivity (Wildman–Crippen MR) is 64.4 cm³/mol. The largest absolute Gasteiger partial charge is 0.481 e. The highest BCUT2D eigenvalue weighted by atomic mass is 19.1. The first-order valence-electron chi connectivity index (χ1n) is 5.69. The summed E-state index contributed by atoms with van der Waals surface area (Å²) in [5.41, 5.74) is 7.50. The van der Waals surface area contributed by atoms with Crippen molar-refractivity contribution in [2.24, 2.45) is 5.73 Å². The van der Waals surface area contributed by atoms with Gasteiger partial charge in [-0.25, -0.2) is 4.39 Å². The van der Waals surface area contributed by atoms with Gasteiger partial charge in [0.25, 0.3) is 0 Å². The Morgan fingerprint density at radius 1 is 1.53 bits per heavy atom. The Morgan fingerprint density at radius 3 is 2.71 bits per heavy atom. The summed E-state index contributed by atoms with van der Waals surface area (Å²) in [5.74, 6) is -1.61. The lowest BCUT2D eigenvalue weighted by atomic mass is 9.85. The molecule has 0 saturated heterocycles. The number of hydrogen-bond donors (Lipinski definition) is 2. The van der Waals surface area contributed by atoms with Crippen LogP contribution in [0, 0.1) is 12.7 Å². The third-order valence-corrected chi connectivity index (χ3v) is 3.02. The van der Waals surface area contributed by atoms with Crippen molar-refractivity contribution in [1.82, 2.24) is 0 Å². The number of halogens is 1. The van der Waals surface area contributed by atoms with Crippen molar-refractivity contribution in [3.63, 3.8) is 0 Å². The van der Waals surface area contributed by atoms with Gasteiger partial charge in [0.1, 0.15) is 5.82 Å². The monoisotopic (exact) mass is 239 g/mol. The number of carbonyl (C=O) groups is 1. The van der Waals surface area contributed by atoms with Crippen molar-refractivity contribution in [3.05, 3.63) is 35.1 Å². The summed E-state index contributed by atoms with van der Waals surface area (Å²) in [6, 6.07) is 4.14. The average Bonchev–Trinajstić information content (AvgIpc) is 2.28. The van der Waals surface area contributed by atoms with Crippen LogP contribution in [0.15, 0.2) is 18.2 Å². The van der Waals surface area contributed by atoms with Gasteiger partial charge in [0, 0.05) is 12.0 Å². The molecule has 94 valence electrons. The first kappa shape index (κ1) is 13.6. The second kappa shape index (κ2) is 5.77. The van der Waals surface area contributed by atoms with Gasteiger partial charge in [-0.1, -0.05) is 13.0 Å². The highest BCUT2D eigenvalue weighted by molar-refractivity contribution is 5.68. The van der Waals surface area contributed by atoms with Crippen LogP contribution in [-0.4, -0.2) is 17.1 Å². The minimum Gasteiger partial charge on any atom is -0.481 e. The zero-order valence-corrected chi connectivity index (χ0v) is 10.1. The van der Waals surface area contributed by atoms with Crippen molar-refractivity contribution in [1.29, 1.82) is 0 Å². The van der Waals surface area contributed by atoms with E-state index in [0.717, 1.165) is 5.56 Å². The molecule has 0 aliphatic carbocycles. The molecule has 0 aliphatic rings. The topological polar surface area (TPSA) is 63.3 Å². The highest BCUT2D eigenvalue weighted by Gasteiger charge is 2.23. The first-order chi connectivity index (χ1) is 7.95. The second-order valence-corrected chi connectivity index (χ2v) is 4.28. The Balaban J connectivity index is 3.11. The molecule has 17 heavy (non-hydrogen) atoms. The van der Waals surface area contributed by atoms with Crippen LogP contribution in [-0.2, 0) is 4.79 Å². The summed E-state index contributed by atoms with van der Waals surface area (Å²) >= 11 is 0. The van der Waals surface area contributed by atoms with E-state index in [0.29, 0.717) is 12.0 Å². The maximum atomic E-state index is 13.2. The normalized spacial score (nSPS) is 14.4. The zero-order chi connectivity index (χ0) is 13.0. The fraction of sp³-hybridized carbons (Fsp3) is 0.462. The highest BCUT2D eigenvalue weighted by Crippen LogP contribution is 2.27. The van der Waals surface area contributed by atoms with E-state index in [1.165, 1.54) is 12.1 Å². The molecule has 0 aliphatic heterocycles. The van der Waals surface area contributed by atoms with Gasteiger partial charge < -0.3 is 10.8 Å². The van der Waals surface area contributed by atoms with Crippen molar-refractivity contribution in [2.45, 2.75) is 38.6 Å². The summed E-state index contributed by atoms with van der Waals surface area (Å²) < 4.78 is 13.2. The Labute approximate surface area is 100 Å². The molecule has 1 rings (SSSR count). The van der Waals surface area contributed by atoms with Crippen molar-refractivity contribution in [2.75, 3.05) is 0 Å². The van der Waals surface area contributed by atoms with Crippen LogP contribution < -0.4 is 5.73 Å². The van der Waals surface area contributed by atoms with Gasteiger partial charge >= 0.3 is 5.97 Å². The molecule has 1 aromatic rings. The van der Waals surface area contributed by atoms with Crippen LogP contribution in [0.1, 0.15) is 36.8 Å². The third-order valence-electron chi connectivity index (χ3n) is 3.02. The van der Waals surface area contributed by atoms with Crippen LogP contribution in [0.3, 0.4) is 0 Å². The van der Waals surface area contributed by atoms with E-state index < -0.39 is 5.97 Å². The van der Waals surface area contributed by atoms with E-state index in [1.54, 1.807) is 6.07 Å². The van der Waals surface area contributed by atoms with Gasteiger partial charge in [-0.05, 0) is 36.6 Å². The van der Waals surface area contributed by atoms with Crippen molar-refractivity contribution >= 4 is 5.97 Å². The summed E-state index contributed by atoms with van der Waals surface area (Å²) in [5, 5.41) is 8.90. The molecule has 0 aromatic heterocycles. The van der Waals surface area contributed by atoms with Gasteiger partial charge in [0.15, 0.2) is 0 Å². The van der Waals surface area contributed by atoms with Crippen molar-refractivity contribution < 1.29 is 14.3 Å². The first-order valence-corrected chi connectivity index (χ1v) is 5.69. The van der Waals surface area contributed by atoms with Crippen LogP contribution >= 0.6 is 0 Å². The van der Waals surface area contributed by atoms with Crippen molar-refractivity contribution in [3.8, 4) is 0 Å². The SMILES string of the molecule is CCC(N)C(CC(=O)O)c1cc(F)ccc1C. The standard InChI is InChI=1S/C13H18FNO2/c1-3-12(15)11(7-13(16)17)10-6-9(14)5-4-8(10)2/h4-6,11-12H,3,7,15H2,1-2H3,(H,16,17). The Morgan fingerprint density at radius 2 is 2.18 bits per heavy atom. The minimum atomic E-state index is -0.914. The maximum absolute atomic E-state index is 13.2. The lowest BCUT2D eigenvalue weighted by Gasteiger charge is -2.23. The van der Waals surface area contributed by atoms with E-state index in [2.05, 4.69) is 0 Å². The summed E-state index contributed by atoms with van der Waals surface area (Å²) in [6.45, 7) is 3.74. The van der Waals surface area contributed by atoms with E-state index in [1.807, 2.05) is 13.8 Å². The molecule has 4 heteroatoms. The number of rotatable bonds is 5. The van der Waals surface area contributed by atoms with Crippen LogP contribution in [0.5, 0.6) is 0 Å². The molecule has 0 heterocycles. The molecule has 2 unspecified atom stereocenters. The number of carboxylic acid groups (broad SMARTS) is 1. The zero-order valence-electron chi connectivity index (χ0n) is 10.1. The lowest BCUT2D eigenvalue weighted by molar-refractivity contribution is -0.137. The smallest absolute Gasteiger partial charge is 0.304 e. The molecule has 0 bridgehead atoms. The number of benzene rings is 1. The summed E-state index contributed by atoms with van der Waals surface area (Å²) in [4.78, 5) is 10.9. The van der Waals surface area contributed by atoms with Gasteiger partial charge in [0.05, 0.1) is 6.42 Å². The predicted octanol–water partition coefficient (Wildman–Crippen LogP) is 2.43. The molecule has 0 fully saturated rings. The molecule has 3 N–H and O–H groups in total. The summed E-state index contributed by atoms with van der Waals surface area (Å²) in [7, 11) is 0. The quantitative estimate of drug-likeness (QED) is 0.829. The molecule has 3 nitrogen and oxygen atoms in total. The van der Waals surface area contributed by atoms with E-state index >= 15 is 0 Å². The molecule has 0 spiro atoms. The van der Waals surface area contributed by atoms with E-state index in [4.69, 9.17) is 10.8 Å². The van der Waals surface area contributed by atoms with E-state index in [-0.39, 0.29) is 24.2 Å². The number of carboxylic acids is 1. The number of aliphatic carboxylic acids is 1. The Kier molecular flexibility index (Phi) is 4.63. The van der Waals surface area contributed by atoms with Crippen LogP contribution in [0.25, 0.3) is 0 Å². The number of hydrogen-bond acceptors (Lipinski definition) is 2. The minimum absolute atomic E-state index is 0.0701. The van der Waals surface area contributed by atoms with Gasteiger partial charge in [-0.2, -0.15) is 0 Å².